The molecule has 7 heteroatoms. The van der Waals surface area contributed by atoms with E-state index in [0.29, 0.717) is 12.6 Å². The van der Waals surface area contributed by atoms with Crippen molar-refractivity contribution in [3.05, 3.63) is 23.2 Å². The van der Waals surface area contributed by atoms with Gasteiger partial charge in [0.15, 0.2) is 0 Å². The van der Waals surface area contributed by atoms with Crippen LogP contribution in [-0.4, -0.2) is 35.0 Å². The lowest BCUT2D eigenvalue weighted by Gasteiger charge is -2.16. The lowest BCUT2D eigenvalue weighted by molar-refractivity contribution is 0.0948. The van der Waals surface area contributed by atoms with Crippen LogP contribution in [0.3, 0.4) is 0 Å². The zero-order valence-corrected chi connectivity index (χ0v) is 13.6. The summed E-state index contributed by atoms with van der Waals surface area (Å²) in [6, 6.07) is 0.594. The van der Waals surface area contributed by atoms with E-state index in [1.807, 2.05) is 0 Å². The number of hydrogen-bond donors (Lipinski definition) is 2. The first kappa shape index (κ1) is 18.1. The molecule has 0 aliphatic heterocycles. The van der Waals surface area contributed by atoms with Gasteiger partial charge in [0.2, 0.25) is 0 Å². The molecule has 0 atom stereocenters. The summed E-state index contributed by atoms with van der Waals surface area (Å²) in [5, 5.41) is 6.60. The van der Waals surface area contributed by atoms with Crippen LogP contribution in [0.25, 0.3) is 0 Å². The Kier molecular flexibility index (Phi) is 8.57. The molecular weight excluding hydrogens is 311 g/mol. The van der Waals surface area contributed by atoms with Gasteiger partial charge in [0, 0.05) is 25.3 Å². The molecule has 0 radical (unpaired) electrons. The summed E-state index contributed by atoms with van der Waals surface area (Å²) in [5.41, 5.74) is 0.233. The molecule has 1 fully saturated rings. The number of carbonyl (C=O) groups excluding carboxylic acids is 1. The van der Waals surface area contributed by atoms with E-state index in [1.54, 1.807) is 0 Å². The maximum absolute atomic E-state index is 11.9. The highest BCUT2D eigenvalue weighted by Gasteiger charge is 2.13. The number of rotatable bonds is 5. The van der Waals surface area contributed by atoms with Crippen LogP contribution in [-0.2, 0) is 0 Å². The quantitative estimate of drug-likeness (QED) is 0.642. The Morgan fingerprint density at radius 3 is 2.62 bits per heavy atom. The minimum Gasteiger partial charge on any atom is -0.349 e. The second kappa shape index (κ2) is 9.92. The highest BCUT2D eigenvalue weighted by molar-refractivity contribution is 6.33. The molecular formula is C14H22Cl2N4O. The van der Waals surface area contributed by atoms with E-state index < -0.39 is 0 Å². The van der Waals surface area contributed by atoms with Crippen molar-refractivity contribution in [2.45, 2.75) is 44.6 Å². The summed E-state index contributed by atoms with van der Waals surface area (Å²) in [6.07, 6.45) is 10.5. The van der Waals surface area contributed by atoms with E-state index in [0.717, 1.165) is 6.54 Å². The number of nitrogens with one attached hydrogen (secondary N) is 2. The molecule has 0 aromatic carbocycles. The molecule has 1 heterocycles. The molecule has 2 N–H and O–H groups in total. The van der Waals surface area contributed by atoms with Crippen LogP contribution in [0.4, 0.5) is 0 Å². The monoisotopic (exact) mass is 332 g/mol. The molecule has 1 aromatic heterocycles. The van der Waals surface area contributed by atoms with Crippen molar-refractivity contribution in [1.82, 2.24) is 20.6 Å². The molecule has 5 nitrogen and oxygen atoms in total. The minimum atomic E-state index is -0.250. The third kappa shape index (κ3) is 6.16. The Hall–Kier alpha value is -0.910. The maximum atomic E-state index is 11.9. The first-order chi connectivity index (χ1) is 9.77. The summed E-state index contributed by atoms with van der Waals surface area (Å²) in [7, 11) is 0. The number of aromatic nitrogens is 2. The average molecular weight is 333 g/mol. The topological polar surface area (TPSA) is 66.9 Å². The molecule has 0 bridgehead atoms. The summed E-state index contributed by atoms with van der Waals surface area (Å²) in [6.45, 7) is 1.36. The van der Waals surface area contributed by atoms with Crippen molar-refractivity contribution in [1.29, 1.82) is 0 Å². The maximum Gasteiger partial charge on any atom is 0.271 e. The van der Waals surface area contributed by atoms with Crippen molar-refractivity contribution in [2.24, 2.45) is 0 Å². The van der Waals surface area contributed by atoms with E-state index in [-0.39, 0.29) is 29.0 Å². The van der Waals surface area contributed by atoms with Crippen LogP contribution in [0.2, 0.25) is 5.02 Å². The number of nitrogens with zero attached hydrogens (tertiary/aromatic N) is 2. The highest BCUT2D eigenvalue weighted by Crippen LogP contribution is 2.16. The Morgan fingerprint density at radius 2 is 1.95 bits per heavy atom. The van der Waals surface area contributed by atoms with E-state index in [4.69, 9.17) is 11.6 Å². The lowest BCUT2D eigenvalue weighted by Crippen LogP contribution is -2.37. The number of carbonyl (C=O) groups is 1. The van der Waals surface area contributed by atoms with Crippen molar-refractivity contribution in [3.63, 3.8) is 0 Å². The zero-order chi connectivity index (χ0) is 14.2. The van der Waals surface area contributed by atoms with Crippen molar-refractivity contribution < 1.29 is 4.79 Å². The van der Waals surface area contributed by atoms with E-state index in [9.17, 15) is 4.79 Å². The number of hydrogen-bond acceptors (Lipinski definition) is 4. The molecule has 1 aliphatic rings. The van der Waals surface area contributed by atoms with Gasteiger partial charge in [0.05, 0.1) is 5.02 Å². The fourth-order valence-electron chi connectivity index (χ4n) is 2.50. The summed E-state index contributed by atoms with van der Waals surface area (Å²) < 4.78 is 0. The van der Waals surface area contributed by atoms with Crippen LogP contribution in [0.15, 0.2) is 12.5 Å². The summed E-state index contributed by atoms with van der Waals surface area (Å²) in [4.78, 5) is 19.5. The third-order valence-corrected chi connectivity index (χ3v) is 3.86. The smallest absolute Gasteiger partial charge is 0.271 e. The SMILES string of the molecule is Cl.O=C(NCCNC1CCCCCC1)c1ncncc1Cl. The van der Waals surface area contributed by atoms with Crippen molar-refractivity contribution >= 4 is 29.9 Å². The van der Waals surface area contributed by atoms with Gasteiger partial charge in [-0.3, -0.25) is 4.79 Å². The van der Waals surface area contributed by atoms with Crippen molar-refractivity contribution in [2.75, 3.05) is 13.1 Å². The molecule has 118 valence electrons. The van der Waals surface area contributed by atoms with E-state index in [1.165, 1.54) is 51.0 Å². The first-order valence-electron chi connectivity index (χ1n) is 7.24. The minimum absolute atomic E-state index is 0. The van der Waals surface area contributed by atoms with E-state index in [2.05, 4.69) is 20.6 Å². The van der Waals surface area contributed by atoms with Crippen LogP contribution in [0, 0.1) is 0 Å². The molecule has 0 unspecified atom stereocenters. The normalized spacial score (nSPS) is 15.9. The molecule has 0 spiro atoms. The molecule has 1 aliphatic carbocycles. The van der Waals surface area contributed by atoms with Crippen LogP contribution >= 0.6 is 24.0 Å². The molecule has 0 saturated heterocycles. The van der Waals surface area contributed by atoms with Gasteiger partial charge in [0.1, 0.15) is 12.0 Å². The summed E-state index contributed by atoms with van der Waals surface area (Å²) >= 11 is 5.87. The Balaban J connectivity index is 0.00000220. The van der Waals surface area contributed by atoms with Gasteiger partial charge in [-0.25, -0.2) is 9.97 Å². The number of halogens is 2. The fraction of sp³-hybridized carbons (Fsp3) is 0.643. The van der Waals surface area contributed by atoms with E-state index >= 15 is 0 Å². The van der Waals surface area contributed by atoms with Crippen LogP contribution < -0.4 is 10.6 Å². The number of amides is 1. The predicted octanol–water partition coefficient (Wildman–Crippen LogP) is 2.59. The average Bonchev–Trinajstić information content (AvgIpc) is 2.72. The Bertz CT molecular complexity index is 437. The first-order valence-corrected chi connectivity index (χ1v) is 7.62. The van der Waals surface area contributed by atoms with Gasteiger partial charge >= 0.3 is 0 Å². The Labute approximate surface area is 136 Å². The largest absolute Gasteiger partial charge is 0.349 e. The lowest BCUT2D eigenvalue weighted by atomic mass is 10.1. The summed E-state index contributed by atoms with van der Waals surface area (Å²) in [5.74, 6) is -0.250. The van der Waals surface area contributed by atoms with Crippen LogP contribution in [0.1, 0.15) is 49.0 Å². The zero-order valence-electron chi connectivity index (χ0n) is 12.0. The van der Waals surface area contributed by atoms with Gasteiger partial charge in [-0.05, 0) is 12.8 Å². The predicted molar refractivity (Wildman–Crippen MR) is 86.1 cm³/mol. The van der Waals surface area contributed by atoms with Crippen LogP contribution in [0.5, 0.6) is 0 Å². The second-order valence-corrected chi connectivity index (χ2v) is 5.52. The van der Waals surface area contributed by atoms with Crippen molar-refractivity contribution in [3.8, 4) is 0 Å². The second-order valence-electron chi connectivity index (χ2n) is 5.12. The van der Waals surface area contributed by atoms with Gasteiger partial charge in [-0.15, -0.1) is 12.4 Å². The van der Waals surface area contributed by atoms with Gasteiger partial charge in [-0.2, -0.15) is 0 Å². The molecule has 1 amide bonds. The standard InChI is InChI=1S/C14H21ClN4O.ClH/c15-12-9-16-10-19-13(12)14(20)18-8-7-17-11-5-3-1-2-4-6-11;/h9-11,17H,1-8H2,(H,18,20);1H. The van der Waals surface area contributed by atoms with Gasteiger partial charge < -0.3 is 10.6 Å². The highest BCUT2D eigenvalue weighted by atomic mass is 35.5. The van der Waals surface area contributed by atoms with Gasteiger partial charge in [-0.1, -0.05) is 37.3 Å². The third-order valence-electron chi connectivity index (χ3n) is 3.58. The fourth-order valence-corrected chi connectivity index (χ4v) is 2.69. The Morgan fingerprint density at radius 1 is 1.24 bits per heavy atom. The molecule has 21 heavy (non-hydrogen) atoms. The molecule has 1 saturated carbocycles. The van der Waals surface area contributed by atoms with Gasteiger partial charge in [0.25, 0.3) is 5.91 Å². The molecule has 1 aromatic rings. The molecule has 2 rings (SSSR count).